The number of hydrogen-bond acceptors (Lipinski definition) is 3. The third kappa shape index (κ3) is 3.61. The van der Waals surface area contributed by atoms with Crippen LogP contribution in [0.4, 0.5) is 0 Å². The first-order chi connectivity index (χ1) is 8.87. The minimum atomic E-state index is -0.860. The molecule has 4 nitrogen and oxygen atoms in total. The van der Waals surface area contributed by atoms with Gasteiger partial charge in [0.25, 0.3) is 0 Å². The lowest BCUT2D eigenvalue weighted by Crippen LogP contribution is -2.28. The summed E-state index contributed by atoms with van der Waals surface area (Å²) < 4.78 is 0. The van der Waals surface area contributed by atoms with E-state index in [0.717, 1.165) is 5.56 Å². The zero-order valence-electron chi connectivity index (χ0n) is 11.1. The van der Waals surface area contributed by atoms with Gasteiger partial charge in [-0.25, -0.2) is 0 Å². The number of nitrogens with zero attached hydrogens (tertiary/aromatic N) is 1. The van der Waals surface area contributed by atoms with Crippen molar-refractivity contribution in [2.45, 2.75) is 38.2 Å². The molecule has 1 atom stereocenters. The van der Waals surface area contributed by atoms with Crippen molar-refractivity contribution in [1.29, 1.82) is 0 Å². The summed E-state index contributed by atoms with van der Waals surface area (Å²) in [5, 5.41) is 22.4. The Bertz CT molecular complexity index is 476. The molecule has 104 valence electrons. The Kier molecular flexibility index (Phi) is 4.02. The molecular weight excluding hydrogens is 266 g/mol. The Morgan fingerprint density at radius 2 is 2.05 bits per heavy atom. The van der Waals surface area contributed by atoms with Gasteiger partial charge in [0, 0.05) is 16.3 Å². The normalized spacial score (nSPS) is 17.5. The number of halogens is 1. The molecule has 2 rings (SSSR count). The van der Waals surface area contributed by atoms with E-state index in [1.54, 1.807) is 26.0 Å². The fourth-order valence-corrected chi connectivity index (χ4v) is 2.46. The van der Waals surface area contributed by atoms with Crippen molar-refractivity contribution in [3.63, 3.8) is 0 Å². The van der Waals surface area contributed by atoms with Crippen LogP contribution in [0.5, 0.6) is 0 Å². The van der Waals surface area contributed by atoms with Crippen LogP contribution >= 0.6 is 11.6 Å². The Labute approximate surface area is 117 Å². The van der Waals surface area contributed by atoms with Crippen LogP contribution < -0.4 is 0 Å². The molecule has 0 saturated carbocycles. The van der Waals surface area contributed by atoms with E-state index >= 15 is 0 Å². The Morgan fingerprint density at radius 3 is 2.53 bits per heavy atom. The maximum Gasteiger partial charge on any atom is 0.230 e. The van der Waals surface area contributed by atoms with Crippen LogP contribution in [0, 0.1) is 5.21 Å². The standard InChI is InChI=1S/C14H18ClNO3/c1-14(2,17)9-12(13-7-8-19-16(13)18)10-3-5-11(15)6-4-10/h3-6,12,17H,7-9H2,1-2H3. The summed E-state index contributed by atoms with van der Waals surface area (Å²) in [6.07, 6.45) is 1.05. The second-order valence-corrected chi connectivity index (χ2v) is 5.89. The van der Waals surface area contributed by atoms with E-state index in [4.69, 9.17) is 16.4 Å². The lowest BCUT2D eigenvalue weighted by Gasteiger charge is -2.23. The lowest BCUT2D eigenvalue weighted by molar-refractivity contribution is -0.731. The summed E-state index contributed by atoms with van der Waals surface area (Å²) >= 11 is 5.88. The molecule has 1 unspecified atom stereocenters. The highest BCUT2D eigenvalue weighted by Gasteiger charge is 2.34. The predicted octanol–water partition coefficient (Wildman–Crippen LogP) is 2.87. The molecule has 5 heteroatoms. The highest BCUT2D eigenvalue weighted by atomic mass is 35.5. The second kappa shape index (κ2) is 5.39. The maximum atomic E-state index is 11.7. The zero-order valence-corrected chi connectivity index (χ0v) is 11.9. The monoisotopic (exact) mass is 283 g/mol. The lowest BCUT2D eigenvalue weighted by atomic mass is 9.83. The average molecular weight is 284 g/mol. The molecule has 1 aromatic carbocycles. The zero-order chi connectivity index (χ0) is 14.0. The van der Waals surface area contributed by atoms with Crippen LogP contribution in [0.1, 0.15) is 38.2 Å². The first kappa shape index (κ1) is 14.2. The summed E-state index contributed by atoms with van der Waals surface area (Å²) in [5.74, 6) is -0.155. The Hall–Kier alpha value is -1.26. The molecule has 19 heavy (non-hydrogen) atoms. The maximum absolute atomic E-state index is 11.7. The molecule has 0 amide bonds. The minimum absolute atomic E-state index is 0.155. The second-order valence-electron chi connectivity index (χ2n) is 5.45. The van der Waals surface area contributed by atoms with Gasteiger partial charge in [-0.1, -0.05) is 23.7 Å². The SMILES string of the molecule is CC(C)(O)CC(C1=[N+]([O-])OCC1)c1ccc(Cl)cc1. The molecule has 0 radical (unpaired) electrons. The van der Waals surface area contributed by atoms with E-state index < -0.39 is 5.60 Å². The highest BCUT2D eigenvalue weighted by Crippen LogP contribution is 2.30. The van der Waals surface area contributed by atoms with E-state index in [0.29, 0.717) is 35.1 Å². The Balaban J connectivity index is 2.34. The van der Waals surface area contributed by atoms with Gasteiger partial charge in [-0.15, -0.1) is 0 Å². The van der Waals surface area contributed by atoms with Gasteiger partial charge >= 0.3 is 0 Å². The largest absolute Gasteiger partial charge is 0.403 e. The predicted molar refractivity (Wildman–Crippen MR) is 74.3 cm³/mol. The molecule has 1 aliphatic rings. The third-order valence-corrected chi connectivity index (χ3v) is 3.43. The Morgan fingerprint density at radius 1 is 1.42 bits per heavy atom. The summed E-state index contributed by atoms with van der Waals surface area (Å²) in [4.78, 5) is 5.53. The van der Waals surface area contributed by atoms with Crippen LogP contribution in [-0.2, 0) is 4.84 Å². The molecule has 0 spiro atoms. The van der Waals surface area contributed by atoms with Gasteiger partial charge in [-0.2, -0.15) is 0 Å². The number of aliphatic hydroxyl groups is 1. The van der Waals surface area contributed by atoms with Gasteiger partial charge in [0.1, 0.15) is 0 Å². The molecule has 1 heterocycles. The van der Waals surface area contributed by atoms with Crippen LogP contribution in [0.2, 0.25) is 5.02 Å². The van der Waals surface area contributed by atoms with E-state index in [1.165, 1.54) is 0 Å². The molecule has 1 aliphatic heterocycles. The van der Waals surface area contributed by atoms with Crippen LogP contribution in [0.3, 0.4) is 0 Å². The van der Waals surface area contributed by atoms with E-state index in [1.807, 2.05) is 12.1 Å². The van der Waals surface area contributed by atoms with Gasteiger partial charge in [-0.05, 0) is 38.0 Å². The van der Waals surface area contributed by atoms with E-state index in [-0.39, 0.29) is 5.92 Å². The van der Waals surface area contributed by atoms with Gasteiger partial charge in [0.2, 0.25) is 5.71 Å². The first-order valence-electron chi connectivity index (χ1n) is 6.30. The summed E-state index contributed by atoms with van der Waals surface area (Å²) in [6, 6.07) is 7.36. The van der Waals surface area contributed by atoms with E-state index in [2.05, 4.69) is 0 Å². The van der Waals surface area contributed by atoms with Crippen LogP contribution in [-0.4, -0.2) is 27.9 Å². The van der Waals surface area contributed by atoms with Crippen molar-refractivity contribution in [2.75, 3.05) is 6.61 Å². The minimum Gasteiger partial charge on any atom is -0.403 e. The average Bonchev–Trinajstić information content (AvgIpc) is 2.72. The third-order valence-electron chi connectivity index (χ3n) is 3.18. The molecule has 0 aliphatic carbocycles. The summed E-state index contributed by atoms with van der Waals surface area (Å²) in [7, 11) is 0. The molecule has 0 bridgehead atoms. The van der Waals surface area contributed by atoms with Gasteiger partial charge < -0.3 is 9.94 Å². The number of rotatable bonds is 4. The fraction of sp³-hybridized carbons (Fsp3) is 0.500. The molecule has 0 saturated heterocycles. The van der Waals surface area contributed by atoms with Gasteiger partial charge in [-0.3, -0.25) is 5.21 Å². The summed E-state index contributed by atoms with van der Waals surface area (Å²) in [5.41, 5.74) is 0.762. The van der Waals surface area contributed by atoms with Gasteiger partial charge in [0.15, 0.2) is 0 Å². The van der Waals surface area contributed by atoms with Crippen molar-refractivity contribution < 1.29 is 14.8 Å². The molecule has 1 N–H and O–H groups in total. The van der Waals surface area contributed by atoms with Gasteiger partial charge in [0.05, 0.1) is 18.1 Å². The first-order valence-corrected chi connectivity index (χ1v) is 6.68. The molecule has 1 aromatic rings. The van der Waals surface area contributed by atoms with Crippen molar-refractivity contribution in [2.24, 2.45) is 0 Å². The quantitative estimate of drug-likeness (QED) is 0.865. The molecule has 0 aromatic heterocycles. The molecule has 0 fully saturated rings. The summed E-state index contributed by atoms with van der Waals surface area (Å²) in [6.45, 7) is 3.87. The highest BCUT2D eigenvalue weighted by molar-refractivity contribution is 6.30. The topological polar surface area (TPSA) is 55.5 Å². The van der Waals surface area contributed by atoms with E-state index in [9.17, 15) is 10.3 Å². The molecular formula is C14H18ClNO3. The van der Waals surface area contributed by atoms with Crippen molar-refractivity contribution >= 4 is 17.3 Å². The number of benzene rings is 1. The van der Waals surface area contributed by atoms with Crippen molar-refractivity contribution in [3.05, 3.63) is 40.1 Å². The van der Waals surface area contributed by atoms with Crippen molar-refractivity contribution in [1.82, 2.24) is 0 Å². The smallest absolute Gasteiger partial charge is 0.230 e. The van der Waals surface area contributed by atoms with Crippen LogP contribution in [0.15, 0.2) is 24.3 Å². The van der Waals surface area contributed by atoms with Crippen molar-refractivity contribution in [3.8, 4) is 0 Å². The fourth-order valence-electron chi connectivity index (χ4n) is 2.33. The van der Waals surface area contributed by atoms with Crippen LogP contribution in [0.25, 0.3) is 0 Å². The number of hydrogen-bond donors (Lipinski definition) is 1.